The monoisotopic (exact) mass is 349 g/mol. The highest BCUT2D eigenvalue weighted by Crippen LogP contribution is 2.34. The van der Waals surface area contributed by atoms with Crippen molar-refractivity contribution in [3.8, 4) is 11.6 Å². The molecule has 0 bridgehead atoms. The van der Waals surface area contributed by atoms with Crippen LogP contribution in [-0.4, -0.2) is 16.1 Å². The van der Waals surface area contributed by atoms with Crippen molar-refractivity contribution in [3.05, 3.63) is 51.9 Å². The first kappa shape index (κ1) is 13.1. The van der Waals surface area contributed by atoms with Crippen LogP contribution in [0.4, 0.5) is 0 Å². The number of aromatic carboxylic acids is 1. The highest BCUT2D eigenvalue weighted by molar-refractivity contribution is 9.10. The fourth-order valence-corrected chi connectivity index (χ4v) is 2.87. The van der Waals surface area contributed by atoms with E-state index in [4.69, 9.17) is 9.84 Å². The molecule has 2 heterocycles. The summed E-state index contributed by atoms with van der Waals surface area (Å²) in [6, 6.07) is 8.47. The molecule has 0 fully saturated rings. The molecule has 0 radical (unpaired) electrons. The third-order valence-corrected chi connectivity index (χ3v) is 4.27. The maximum Gasteiger partial charge on any atom is 0.335 e. The van der Waals surface area contributed by atoms with Gasteiger partial charge >= 0.3 is 5.97 Å². The van der Waals surface area contributed by atoms with Crippen molar-refractivity contribution in [1.82, 2.24) is 4.98 Å². The van der Waals surface area contributed by atoms with Crippen LogP contribution in [-0.2, 0) is 0 Å². The minimum absolute atomic E-state index is 0.167. The molecule has 6 heteroatoms. The van der Waals surface area contributed by atoms with Gasteiger partial charge in [0.1, 0.15) is 5.75 Å². The second kappa shape index (κ2) is 5.22. The Labute approximate surface area is 126 Å². The maximum absolute atomic E-state index is 11.0. The molecular formula is C14H8BrNO3S. The number of halogens is 1. The van der Waals surface area contributed by atoms with Gasteiger partial charge in [-0.2, -0.15) is 0 Å². The molecular weight excluding hydrogens is 342 g/mol. The average molecular weight is 350 g/mol. The number of aromatic nitrogens is 1. The van der Waals surface area contributed by atoms with E-state index < -0.39 is 5.97 Å². The number of benzene rings is 1. The van der Waals surface area contributed by atoms with Crippen LogP contribution < -0.4 is 4.74 Å². The van der Waals surface area contributed by atoms with Gasteiger partial charge in [0.2, 0.25) is 5.88 Å². The molecule has 100 valence electrons. The quantitative estimate of drug-likeness (QED) is 0.753. The Hall–Kier alpha value is -1.92. The van der Waals surface area contributed by atoms with Crippen LogP contribution in [0.2, 0.25) is 0 Å². The highest BCUT2D eigenvalue weighted by atomic mass is 79.9. The molecule has 4 nitrogen and oxygen atoms in total. The third-order valence-electron chi connectivity index (χ3n) is 2.73. The summed E-state index contributed by atoms with van der Waals surface area (Å²) < 4.78 is 7.50. The largest absolute Gasteiger partial charge is 0.478 e. The van der Waals surface area contributed by atoms with E-state index in [1.54, 1.807) is 23.6 Å². The number of carbonyl (C=O) groups is 1. The van der Waals surface area contributed by atoms with Gasteiger partial charge in [-0.1, -0.05) is 0 Å². The number of carboxylic acid groups (broad SMARTS) is 1. The SMILES string of the molecule is O=C(O)c1ccc(Br)c(Oc2nccc3sccc23)c1. The molecule has 3 aromatic rings. The lowest BCUT2D eigenvalue weighted by Crippen LogP contribution is -1.97. The number of nitrogens with zero attached hydrogens (tertiary/aromatic N) is 1. The molecule has 0 aliphatic heterocycles. The van der Waals surface area contributed by atoms with Crippen LogP contribution >= 0.6 is 27.3 Å². The third kappa shape index (κ3) is 2.39. The van der Waals surface area contributed by atoms with Gasteiger partial charge in [-0.25, -0.2) is 9.78 Å². The van der Waals surface area contributed by atoms with Crippen LogP contribution in [0.25, 0.3) is 10.1 Å². The van der Waals surface area contributed by atoms with E-state index in [0.717, 1.165) is 10.1 Å². The van der Waals surface area contributed by atoms with Gasteiger partial charge in [0, 0.05) is 10.9 Å². The first-order valence-electron chi connectivity index (χ1n) is 5.68. The summed E-state index contributed by atoms with van der Waals surface area (Å²) in [5.41, 5.74) is 0.167. The van der Waals surface area contributed by atoms with E-state index in [0.29, 0.717) is 16.1 Å². The Morgan fingerprint density at radius 3 is 2.95 bits per heavy atom. The molecule has 1 aromatic carbocycles. The molecule has 0 spiro atoms. The van der Waals surface area contributed by atoms with Crippen LogP contribution in [0.5, 0.6) is 11.6 Å². The van der Waals surface area contributed by atoms with E-state index in [-0.39, 0.29) is 5.56 Å². The summed E-state index contributed by atoms with van der Waals surface area (Å²) in [6.45, 7) is 0. The summed E-state index contributed by atoms with van der Waals surface area (Å²) in [5, 5.41) is 11.9. The summed E-state index contributed by atoms with van der Waals surface area (Å²) in [4.78, 5) is 15.2. The Morgan fingerprint density at radius 2 is 2.15 bits per heavy atom. The number of hydrogen-bond acceptors (Lipinski definition) is 4. The average Bonchev–Trinajstić information content (AvgIpc) is 2.90. The highest BCUT2D eigenvalue weighted by Gasteiger charge is 2.11. The van der Waals surface area contributed by atoms with Gasteiger partial charge in [0.15, 0.2) is 0 Å². The standard InChI is InChI=1S/C14H8BrNO3S/c15-10-2-1-8(14(17)18)7-11(10)19-13-9-4-6-20-12(9)3-5-16-13/h1-7H,(H,17,18). The smallest absolute Gasteiger partial charge is 0.335 e. The zero-order valence-corrected chi connectivity index (χ0v) is 12.4. The van der Waals surface area contributed by atoms with Gasteiger partial charge < -0.3 is 9.84 Å². The molecule has 0 aliphatic carbocycles. The number of hydrogen-bond donors (Lipinski definition) is 1. The summed E-state index contributed by atoms with van der Waals surface area (Å²) in [6.07, 6.45) is 1.67. The van der Waals surface area contributed by atoms with Crippen molar-refractivity contribution in [2.75, 3.05) is 0 Å². The van der Waals surface area contributed by atoms with Gasteiger partial charge in [-0.3, -0.25) is 0 Å². The Kier molecular flexibility index (Phi) is 3.42. The van der Waals surface area contributed by atoms with E-state index in [1.165, 1.54) is 12.1 Å². The topological polar surface area (TPSA) is 59.4 Å². The van der Waals surface area contributed by atoms with Crippen LogP contribution in [0.15, 0.2) is 46.4 Å². The molecule has 0 atom stereocenters. The zero-order valence-electron chi connectivity index (χ0n) is 10.0. The molecule has 0 amide bonds. The van der Waals surface area contributed by atoms with Gasteiger partial charge in [0.05, 0.1) is 15.4 Å². The summed E-state index contributed by atoms with van der Waals surface area (Å²) in [7, 11) is 0. The molecule has 3 rings (SSSR count). The number of ether oxygens (including phenoxy) is 1. The second-order valence-corrected chi connectivity index (χ2v) is 5.80. The van der Waals surface area contributed by atoms with Gasteiger partial charge in [-0.05, 0) is 51.6 Å². The fourth-order valence-electron chi connectivity index (χ4n) is 1.77. The minimum Gasteiger partial charge on any atom is -0.478 e. The maximum atomic E-state index is 11.0. The lowest BCUT2D eigenvalue weighted by atomic mass is 10.2. The van der Waals surface area contributed by atoms with Crippen molar-refractivity contribution in [3.63, 3.8) is 0 Å². The van der Waals surface area contributed by atoms with Crippen molar-refractivity contribution >= 4 is 43.3 Å². The van der Waals surface area contributed by atoms with Crippen LogP contribution in [0, 0.1) is 0 Å². The first-order chi connectivity index (χ1) is 9.65. The van der Waals surface area contributed by atoms with E-state index in [2.05, 4.69) is 20.9 Å². The van der Waals surface area contributed by atoms with Crippen LogP contribution in [0.3, 0.4) is 0 Å². The van der Waals surface area contributed by atoms with E-state index in [1.807, 2.05) is 17.5 Å². The lowest BCUT2D eigenvalue weighted by Gasteiger charge is -2.08. The molecule has 20 heavy (non-hydrogen) atoms. The van der Waals surface area contributed by atoms with Gasteiger partial charge in [-0.15, -0.1) is 11.3 Å². The number of carboxylic acids is 1. The zero-order chi connectivity index (χ0) is 14.1. The van der Waals surface area contributed by atoms with Crippen molar-refractivity contribution in [1.29, 1.82) is 0 Å². The first-order valence-corrected chi connectivity index (χ1v) is 7.35. The normalized spacial score (nSPS) is 10.7. The number of thiophene rings is 1. The fraction of sp³-hybridized carbons (Fsp3) is 0. The Balaban J connectivity index is 2.04. The van der Waals surface area contributed by atoms with Crippen LogP contribution in [0.1, 0.15) is 10.4 Å². The summed E-state index contributed by atoms with van der Waals surface area (Å²) >= 11 is 4.95. The van der Waals surface area contributed by atoms with Crippen molar-refractivity contribution < 1.29 is 14.6 Å². The number of rotatable bonds is 3. The predicted molar refractivity (Wildman–Crippen MR) is 80.8 cm³/mol. The Bertz CT molecular complexity index is 800. The Morgan fingerprint density at radius 1 is 1.30 bits per heavy atom. The molecule has 0 unspecified atom stereocenters. The second-order valence-electron chi connectivity index (χ2n) is 4.00. The van der Waals surface area contributed by atoms with Crippen molar-refractivity contribution in [2.24, 2.45) is 0 Å². The number of fused-ring (bicyclic) bond motifs is 1. The predicted octanol–water partition coefficient (Wildman–Crippen LogP) is 4.55. The van der Waals surface area contributed by atoms with E-state index in [9.17, 15) is 4.79 Å². The molecule has 2 aromatic heterocycles. The summed E-state index contributed by atoms with van der Waals surface area (Å²) in [5.74, 6) is -0.105. The molecule has 0 saturated heterocycles. The molecule has 1 N–H and O–H groups in total. The number of pyridine rings is 1. The lowest BCUT2D eigenvalue weighted by molar-refractivity contribution is 0.0696. The van der Waals surface area contributed by atoms with Crippen molar-refractivity contribution in [2.45, 2.75) is 0 Å². The molecule has 0 aliphatic rings. The van der Waals surface area contributed by atoms with Gasteiger partial charge in [0.25, 0.3) is 0 Å². The molecule has 0 saturated carbocycles. The van der Waals surface area contributed by atoms with E-state index >= 15 is 0 Å². The minimum atomic E-state index is -0.996.